The quantitative estimate of drug-likeness (QED) is 0.695. The largest absolute Gasteiger partial charge is 0.357 e. The maximum Gasteiger partial charge on any atom is 0.239 e. The number of anilines is 2. The van der Waals surface area contributed by atoms with E-state index < -0.39 is 0 Å². The van der Waals surface area contributed by atoms with Gasteiger partial charge in [-0.05, 0) is 49.3 Å². The molecule has 2 heterocycles. The van der Waals surface area contributed by atoms with Crippen LogP contribution in [0.2, 0.25) is 0 Å². The molecule has 2 aliphatic carbocycles. The zero-order valence-corrected chi connectivity index (χ0v) is 18.5. The minimum Gasteiger partial charge on any atom is -0.357 e. The van der Waals surface area contributed by atoms with Crippen LogP contribution >= 0.6 is 11.3 Å². The number of hydrogen-bond acceptors (Lipinski definition) is 5. The van der Waals surface area contributed by atoms with E-state index in [9.17, 15) is 9.59 Å². The van der Waals surface area contributed by atoms with Crippen molar-refractivity contribution in [3.63, 3.8) is 0 Å². The zero-order valence-electron chi connectivity index (χ0n) is 17.7. The monoisotopic (exact) mass is 435 g/mol. The summed E-state index contributed by atoms with van der Waals surface area (Å²) >= 11 is 1.65. The van der Waals surface area contributed by atoms with Gasteiger partial charge in [0.25, 0.3) is 0 Å². The second-order valence-electron chi connectivity index (χ2n) is 8.76. The van der Waals surface area contributed by atoms with E-state index in [1.165, 1.54) is 19.3 Å². The average molecular weight is 436 g/mol. The number of carbonyl (C=O) groups is 2. The van der Waals surface area contributed by atoms with Gasteiger partial charge in [-0.25, -0.2) is 0 Å². The van der Waals surface area contributed by atoms with Crippen LogP contribution in [0, 0.1) is 0 Å². The van der Waals surface area contributed by atoms with E-state index in [1.54, 1.807) is 11.3 Å². The van der Waals surface area contributed by atoms with E-state index in [4.69, 9.17) is 0 Å². The van der Waals surface area contributed by atoms with Crippen LogP contribution in [0.25, 0.3) is 0 Å². The summed E-state index contributed by atoms with van der Waals surface area (Å²) < 4.78 is 0. The number of benzene rings is 1. The molecule has 2 N–H and O–H groups in total. The molecule has 0 unspecified atom stereocenters. The summed E-state index contributed by atoms with van der Waals surface area (Å²) in [6.45, 7) is 0.238. The molecule has 1 atom stereocenters. The van der Waals surface area contributed by atoms with Gasteiger partial charge in [0.05, 0.1) is 24.0 Å². The number of rotatable bonds is 4. The van der Waals surface area contributed by atoms with E-state index in [1.807, 2.05) is 29.6 Å². The summed E-state index contributed by atoms with van der Waals surface area (Å²) in [7, 11) is 0. The first-order chi connectivity index (χ1) is 15.2. The summed E-state index contributed by atoms with van der Waals surface area (Å²) in [5.74, 6) is 0.230. The number of hydrogen-bond donors (Lipinski definition) is 2. The summed E-state index contributed by atoms with van der Waals surface area (Å²) in [5.41, 5.74) is 3.78. The van der Waals surface area contributed by atoms with Crippen LogP contribution in [0.4, 0.5) is 11.4 Å². The number of Topliss-reactive ketones (excluding diaryl/α,β-unsaturated/α-hetero) is 1. The molecule has 1 amide bonds. The Morgan fingerprint density at radius 3 is 2.71 bits per heavy atom. The van der Waals surface area contributed by atoms with Gasteiger partial charge in [0.2, 0.25) is 5.91 Å². The van der Waals surface area contributed by atoms with Crippen molar-refractivity contribution in [2.75, 3.05) is 16.8 Å². The lowest BCUT2D eigenvalue weighted by molar-refractivity contribution is -0.121. The van der Waals surface area contributed by atoms with E-state index >= 15 is 0 Å². The molecule has 5 nitrogen and oxygen atoms in total. The number of carbonyl (C=O) groups excluding carboxylic acids is 2. The minimum atomic E-state index is -0.240. The van der Waals surface area contributed by atoms with Gasteiger partial charge in [-0.2, -0.15) is 0 Å². The van der Waals surface area contributed by atoms with Gasteiger partial charge in [-0.3, -0.25) is 9.59 Å². The number of ketones is 1. The molecule has 1 fully saturated rings. The predicted octanol–water partition coefficient (Wildman–Crippen LogP) is 5.18. The highest BCUT2D eigenvalue weighted by Gasteiger charge is 2.38. The molecule has 0 spiro atoms. The Labute approximate surface area is 187 Å². The van der Waals surface area contributed by atoms with Gasteiger partial charge in [0.15, 0.2) is 5.78 Å². The number of nitrogens with one attached hydrogen (secondary N) is 2. The van der Waals surface area contributed by atoms with E-state index in [-0.39, 0.29) is 30.3 Å². The first kappa shape index (κ1) is 20.3. The van der Waals surface area contributed by atoms with Crippen molar-refractivity contribution in [1.29, 1.82) is 0 Å². The van der Waals surface area contributed by atoms with Gasteiger partial charge in [-0.15, -0.1) is 11.3 Å². The lowest BCUT2D eigenvalue weighted by atomic mass is 9.88. The van der Waals surface area contributed by atoms with Crippen LogP contribution < -0.4 is 15.5 Å². The highest BCUT2D eigenvalue weighted by molar-refractivity contribution is 7.10. The standard InChI is InChI=1S/C25H29N3O2S/c29-21-13-6-11-19-24(21)25(22-14-7-15-31-22)28(20-12-5-4-10-18(20)27-19)16-23(30)26-17-8-2-1-3-9-17/h4-5,7,10,12,14-15,17,25,27H,1-3,6,8-9,11,13,16H2,(H,26,30)/t25-/m1/s1. The van der Waals surface area contributed by atoms with E-state index in [0.29, 0.717) is 6.42 Å². The number of amides is 1. The van der Waals surface area contributed by atoms with Crippen molar-refractivity contribution in [3.8, 4) is 0 Å². The molecule has 0 radical (unpaired) electrons. The second-order valence-corrected chi connectivity index (χ2v) is 9.74. The van der Waals surface area contributed by atoms with E-state index in [0.717, 1.165) is 53.2 Å². The highest BCUT2D eigenvalue weighted by atomic mass is 32.1. The fourth-order valence-corrected chi connectivity index (χ4v) is 6.04. The topological polar surface area (TPSA) is 61.4 Å². The van der Waals surface area contributed by atoms with Gasteiger partial charge in [0, 0.05) is 28.6 Å². The number of allylic oxidation sites excluding steroid dienone is 1. The molecule has 1 aliphatic heterocycles. The summed E-state index contributed by atoms with van der Waals surface area (Å²) in [4.78, 5) is 29.6. The van der Waals surface area contributed by atoms with Crippen LogP contribution in [-0.2, 0) is 9.59 Å². The Hall–Kier alpha value is -2.60. The molecular weight excluding hydrogens is 406 g/mol. The Morgan fingerprint density at radius 2 is 1.90 bits per heavy atom. The molecule has 6 heteroatoms. The molecule has 1 aromatic heterocycles. The molecular formula is C25H29N3O2S. The molecule has 0 bridgehead atoms. The fourth-order valence-electron chi connectivity index (χ4n) is 5.19. The maximum atomic E-state index is 13.2. The smallest absolute Gasteiger partial charge is 0.239 e. The number of para-hydroxylation sites is 2. The van der Waals surface area contributed by atoms with Crippen LogP contribution in [0.15, 0.2) is 53.0 Å². The van der Waals surface area contributed by atoms with Crippen molar-refractivity contribution >= 4 is 34.4 Å². The molecule has 5 rings (SSSR count). The first-order valence-electron chi connectivity index (χ1n) is 11.4. The van der Waals surface area contributed by atoms with E-state index in [2.05, 4.69) is 27.7 Å². The first-order valence-corrected chi connectivity index (χ1v) is 12.3. The van der Waals surface area contributed by atoms with Crippen LogP contribution in [0.1, 0.15) is 62.3 Å². The van der Waals surface area contributed by atoms with Crippen LogP contribution in [0.5, 0.6) is 0 Å². The molecule has 1 saturated carbocycles. The molecule has 3 aliphatic rings. The van der Waals surface area contributed by atoms with Crippen molar-refractivity contribution < 1.29 is 9.59 Å². The number of thiophene rings is 1. The SMILES string of the molecule is O=C(CN1c2ccccc2NC2=C(C(=O)CCC2)[C@H]1c1cccs1)NC1CCCCC1. The maximum absolute atomic E-state index is 13.2. The molecule has 162 valence electrons. The third kappa shape index (κ3) is 4.13. The third-order valence-electron chi connectivity index (χ3n) is 6.64. The van der Waals surface area contributed by atoms with Gasteiger partial charge in [0.1, 0.15) is 0 Å². The van der Waals surface area contributed by atoms with Gasteiger partial charge in [-0.1, -0.05) is 37.5 Å². The van der Waals surface area contributed by atoms with Crippen molar-refractivity contribution in [2.45, 2.75) is 63.5 Å². The Bertz CT molecular complexity index is 992. The number of nitrogens with zero attached hydrogens (tertiary/aromatic N) is 1. The zero-order chi connectivity index (χ0) is 21.2. The lowest BCUT2D eigenvalue weighted by Gasteiger charge is -2.34. The Morgan fingerprint density at radius 1 is 1.06 bits per heavy atom. The predicted molar refractivity (Wildman–Crippen MR) is 125 cm³/mol. The Kier molecular flexibility index (Phi) is 5.81. The highest BCUT2D eigenvalue weighted by Crippen LogP contribution is 2.45. The average Bonchev–Trinajstić information content (AvgIpc) is 3.26. The Balaban J connectivity index is 1.54. The van der Waals surface area contributed by atoms with Gasteiger partial charge >= 0.3 is 0 Å². The minimum absolute atomic E-state index is 0.0376. The third-order valence-corrected chi connectivity index (χ3v) is 7.56. The molecule has 31 heavy (non-hydrogen) atoms. The molecule has 1 aromatic carbocycles. The number of fused-ring (bicyclic) bond motifs is 1. The molecule has 2 aromatic rings. The van der Waals surface area contributed by atoms with Crippen molar-refractivity contribution in [1.82, 2.24) is 5.32 Å². The second kappa shape index (κ2) is 8.87. The summed E-state index contributed by atoms with van der Waals surface area (Å²) in [6, 6.07) is 12.2. The van der Waals surface area contributed by atoms with Crippen LogP contribution in [-0.4, -0.2) is 24.3 Å². The van der Waals surface area contributed by atoms with Crippen LogP contribution in [0.3, 0.4) is 0 Å². The fraction of sp³-hybridized carbons (Fsp3) is 0.440. The molecule has 0 saturated heterocycles. The van der Waals surface area contributed by atoms with Crippen molar-refractivity contribution in [3.05, 3.63) is 57.9 Å². The summed E-state index contributed by atoms with van der Waals surface area (Å²) in [5, 5.41) is 8.88. The normalized spacial score (nSPS) is 21.7. The van der Waals surface area contributed by atoms with Gasteiger partial charge < -0.3 is 15.5 Å². The van der Waals surface area contributed by atoms with Crippen molar-refractivity contribution in [2.24, 2.45) is 0 Å². The lowest BCUT2D eigenvalue weighted by Crippen LogP contribution is -2.44. The summed E-state index contributed by atoms with van der Waals surface area (Å²) in [6.07, 6.45) is 8.05.